The largest absolute Gasteiger partial charge is 0.463 e. The lowest BCUT2D eigenvalue weighted by Crippen LogP contribution is -2.16. The number of H-pyrrole nitrogens is 1. The summed E-state index contributed by atoms with van der Waals surface area (Å²) in [6.45, 7) is 9.02. The van der Waals surface area contributed by atoms with Crippen molar-refractivity contribution < 1.29 is 13.9 Å². The second-order valence-corrected chi connectivity index (χ2v) is 8.68. The number of halogens is 1. The van der Waals surface area contributed by atoms with Crippen LogP contribution >= 0.6 is 11.8 Å². The predicted molar refractivity (Wildman–Crippen MR) is 132 cm³/mol. The van der Waals surface area contributed by atoms with Crippen molar-refractivity contribution in [3.63, 3.8) is 0 Å². The minimum atomic E-state index is -0.177. The Hall–Kier alpha value is -2.71. The highest BCUT2D eigenvalue weighted by Gasteiger charge is 2.06. The third kappa shape index (κ3) is 9.75. The number of nitrogens with zero attached hydrogens (tertiary/aromatic N) is 2. The number of hydrogen-bond acceptors (Lipinski definition) is 6. The zero-order chi connectivity index (χ0) is 24.1. The number of thioether (sulfide) groups is 1. The molecule has 33 heavy (non-hydrogen) atoms. The van der Waals surface area contributed by atoms with E-state index in [0.29, 0.717) is 5.56 Å². The van der Waals surface area contributed by atoms with Gasteiger partial charge >= 0.3 is 5.97 Å². The maximum Gasteiger partial charge on any atom is 0.302 e. The first-order valence-corrected chi connectivity index (χ1v) is 12.1. The molecular weight excluding hydrogens is 439 g/mol. The first-order chi connectivity index (χ1) is 15.9. The number of benzene rings is 2. The lowest BCUT2D eigenvalue weighted by Gasteiger charge is -2.11. The zero-order valence-corrected chi connectivity index (χ0v) is 20.5. The summed E-state index contributed by atoms with van der Waals surface area (Å²) in [5.41, 5.74) is 3.65. The van der Waals surface area contributed by atoms with Crippen molar-refractivity contribution in [1.82, 2.24) is 20.7 Å². The third-order valence-electron chi connectivity index (χ3n) is 4.88. The Morgan fingerprint density at radius 3 is 2.45 bits per heavy atom. The van der Waals surface area contributed by atoms with Crippen LogP contribution in [0.2, 0.25) is 0 Å². The van der Waals surface area contributed by atoms with Gasteiger partial charge in [-0.15, -0.1) is 16.9 Å². The molecule has 178 valence electrons. The summed E-state index contributed by atoms with van der Waals surface area (Å²) in [5.74, 6) is 0.577. The van der Waals surface area contributed by atoms with E-state index in [0.717, 1.165) is 47.8 Å². The van der Waals surface area contributed by atoms with Crippen LogP contribution in [0.5, 0.6) is 0 Å². The number of hydrogen-bond donors (Lipinski definition) is 2. The minimum Gasteiger partial charge on any atom is -0.463 e. The van der Waals surface area contributed by atoms with Gasteiger partial charge in [-0.1, -0.05) is 50.2 Å². The Balaban J connectivity index is 0.000000365. The van der Waals surface area contributed by atoms with Crippen LogP contribution in [0.4, 0.5) is 4.39 Å². The highest BCUT2D eigenvalue weighted by Crippen LogP contribution is 2.24. The van der Waals surface area contributed by atoms with E-state index in [9.17, 15) is 9.18 Å². The first-order valence-electron chi connectivity index (χ1n) is 11.1. The Kier molecular flexibility index (Phi) is 11.6. The average Bonchev–Trinajstić information content (AvgIpc) is 3.32. The third-order valence-corrected chi connectivity index (χ3v) is 5.78. The number of esters is 1. The van der Waals surface area contributed by atoms with Crippen LogP contribution in [0.1, 0.15) is 44.7 Å². The van der Waals surface area contributed by atoms with E-state index in [1.807, 2.05) is 57.2 Å². The summed E-state index contributed by atoms with van der Waals surface area (Å²) in [6.07, 6.45) is 3.67. The quantitative estimate of drug-likeness (QED) is 0.229. The second-order valence-electron chi connectivity index (χ2n) is 7.56. The molecule has 0 saturated heterocycles. The van der Waals surface area contributed by atoms with Crippen LogP contribution in [0.25, 0.3) is 11.1 Å². The molecule has 1 heterocycles. The molecule has 0 fully saturated rings. The van der Waals surface area contributed by atoms with E-state index in [4.69, 9.17) is 4.74 Å². The van der Waals surface area contributed by atoms with Gasteiger partial charge in [-0.2, -0.15) is 10.3 Å². The number of aryl methyl sites for hydroxylation is 1. The van der Waals surface area contributed by atoms with Crippen molar-refractivity contribution in [2.24, 2.45) is 0 Å². The molecule has 0 aliphatic rings. The van der Waals surface area contributed by atoms with Crippen molar-refractivity contribution in [1.29, 1.82) is 0 Å². The number of carbonyl (C=O) groups is 1. The molecule has 0 atom stereocenters. The van der Waals surface area contributed by atoms with E-state index >= 15 is 0 Å². The molecule has 0 unspecified atom stereocenters. The van der Waals surface area contributed by atoms with Crippen molar-refractivity contribution in [2.45, 2.75) is 58.2 Å². The van der Waals surface area contributed by atoms with Crippen molar-refractivity contribution >= 4 is 17.7 Å². The van der Waals surface area contributed by atoms with Crippen LogP contribution in [0.15, 0.2) is 53.7 Å². The summed E-state index contributed by atoms with van der Waals surface area (Å²) >= 11 is 1.66. The topological polar surface area (TPSA) is 79.9 Å². The lowest BCUT2D eigenvalue weighted by atomic mass is 10.0. The molecule has 0 aliphatic carbocycles. The molecule has 0 radical (unpaired) electrons. The molecular formula is C25H33FN4O2S. The molecule has 0 aliphatic heterocycles. The Labute approximate surface area is 199 Å². The Morgan fingerprint density at radius 2 is 1.91 bits per heavy atom. The SMILES string of the molecule is CCC(CC)OC(C)=O.Cc1ccc(-c2ccc(CNCCSc3cn[nH]n3)cc2)c(F)c1. The normalized spacial score (nSPS) is 10.6. The van der Waals surface area contributed by atoms with Crippen molar-refractivity contribution in [2.75, 3.05) is 12.3 Å². The Morgan fingerprint density at radius 1 is 1.18 bits per heavy atom. The number of aromatic nitrogens is 3. The molecule has 3 rings (SSSR count). The number of nitrogens with one attached hydrogen (secondary N) is 2. The number of rotatable bonds is 10. The Bertz CT molecular complexity index is 961. The monoisotopic (exact) mass is 472 g/mol. The average molecular weight is 473 g/mol. The van der Waals surface area contributed by atoms with Gasteiger partial charge in [-0.05, 0) is 42.5 Å². The second kappa shape index (κ2) is 14.4. The summed E-state index contributed by atoms with van der Waals surface area (Å²) < 4.78 is 18.9. The summed E-state index contributed by atoms with van der Waals surface area (Å²) in [7, 11) is 0. The van der Waals surface area contributed by atoms with Crippen LogP contribution < -0.4 is 5.32 Å². The van der Waals surface area contributed by atoms with E-state index in [1.165, 1.54) is 12.5 Å². The van der Waals surface area contributed by atoms with E-state index in [2.05, 4.69) is 20.7 Å². The lowest BCUT2D eigenvalue weighted by molar-refractivity contribution is -0.146. The molecule has 2 N–H and O–H groups in total. The molecule has 3 aromatic rings. The highest BCUT2D eigenvalue weighted by atomic mass is 32.2. The fraction of sp³-hybridized carbons (Fsp3) is 0.400. The van der Waals surface area contributed by atoms with Crippen LogP contribution in [0, 0.1) is 12.7 Å². The van der Waals surface area contributed by atoms with E-state index in [-0.39, 0.29) is 17.9 Å². The van der Waals surface area contributed by atoms with Gasteiger partial charge in [0.1, 0.15) is 16.9 Å². The van der Waals surface area contributed by atoms with Crippen LogP contribution in [-0.4, -0.2) is 39.8 Å². The fourth-order valence-electron chi connectivity index (χ4n) is 3.07. The summed E-state index contributed by atoms with van der Waals surface area (Å²) in [4.78, 5) is 10.3. The zero-order valence-electron chi connectivity index (χ0n) is 19.7. The van der Waals surface area contributed by atoms with Gasteiger partial charge in [0, 0.05) is 31.3 Å². The molecule has 0 saturated carbocycles. The smallest absolute Gasteiger partial charge is 0.302 e. The fourth-order valence-corrected chi connectivity index (χ4v) is 3.76. The van der Waals surface area contributed by atoms with Gasteiger partial charge in [0.05, 0.1) is 6.20 Å². The van der Waals surface area contributed by atoms with E-state index < -0.39 is 0 Å². The summed E-state index contributed by atoms with van der Waals surface area (Å²) in [5, 5.41) is 14.6. The number of ether oxygens (including phenoxy) is 1. The van der Waals surface area contributed by atoms with Crippen molar-refractivity contribution in [3.8, 4) is 11.1 Å². The predicted octanol–water partition coefficient (Wildman–Crippen LogP) is 5.54. The highest BCUT2D eigenvalue weighted by molar-refractivity contribution is 7.99. The maximum atomic E-state index is 14.0. The van der Waals surface area contributed by atoms with Crippen LogP contribution in [0.3, 0.4) is 0 Å². The maximum absolute atomic E-state index is 14.0. The number of aromatic amines is 1. The standard InChI is InChI=1S/C18H19FN4S.C7H14O2/c1-13-2-7-16(17(19)10-13)15-5-3-14(4-6-15)11-20-8-9-24-18-12-21-23-22-18;1-4-7(5-2)9-6(3)8/h2-7,10,12,20H,8-9,11H2,1H3,(H,21,22,23);7H,4-5H2,1-3H3. The number of carbonyl (C=O) groups excluding carboxylic acids is 1. The van der Waals surface area contributed by atoms with Crippen molar-refractivity contribution in [3.05, 3.63) is 65.6 Å². The summed E-state index contributed by atoms with van der Waals surface area (Å²) in [6, 6.07) is 13.3. The first kappa shape index (κ1) is 26.5. The minimum absolute atomic E-state index is 0.127. The van der Waals surface area contributed by atoms with Gasteiger partial charge in [-0.3, -0.25) is 4.79 Å². The molecule has 8 heteroatoms. The molecule has 6 nitrogen and oxygen atoms in total. The van der Waals surface area contributed by atoms with Gasteiger partial charge in [-0.25, -0.2) is 4.39 Å². The molecule has 1 aromatic heterocycles. The van der Waals surface area contributed by atoms with E-state index in [1.54, 1.807) is 24.0 Å². The van der Waals surface area contributed by atoms with Gasteiger partial charge in [0.25, 0.3) is 0 Å². The molecule has 0 bridgehead atoms. The molecule has 0 spiro atoms. The van der Waals surface area contributed by atoms with Gasteiger partial charge in [0.2, 0.25) is 0 Å². The van der Waals surface area contributed by atoms with Crippen LogP contribution in [-0.2, 0) is 16.1 Å². The molecule has 2 aromatic carbocycles. The molecule has 0 amide bonds. The van der Waals surface area contributed by atoms with Gasteiger partial charge in [0.15, 0.2) is 0 Å². The van der Waals surface area contributed by atoms with Gasteiger partial charge < -0.3 is 10.1 Å².